The number of hydrogen-bond donors (Lipinski definition) is 2. The summed E-state index contributed by atoms with van der Waals surface area (Å²) in [6.45, 7) is 3.56. The van der Waals surface area contributed by atoms with E-state index in [2.05, 4.69) is 11.0 Å². The Morgan fingerprint density at radius 3 is 2.52 bits per heavy atom. The molecule has 0 radical (unpaired) electrons. The normalized spacial score (nSPS) is 13.2. The number of methoxy groups -OCH3 is 1. The van der Waals surface area contributed by atoms with Crippen molar-refractivity contribution < 1.29 is 28.7 Å². The summed E-state index contributed by atoms with van der Waals surface area (Å²) in [5.74, 6) is -0.954. The molecule has 0 fully saturated rings. The maximum Gasteiger partial charge on any atom is 0.357 e. The van der Waals surface area contributed by atoms with Gasteiger partial charge in [-0.25, -0.2) is 4.79 Å². The Morgan fingerprint density at radius 2 is 1.93 bits per heavy atom. The van der Waals surface area contributed by atoms with E-state index in [0.29, 0.717) is 5.75 Å². The fourth-order valence-electron chi connectivity index (χ4n) is 2.42. The molecule has 1 aromatic rings. The van der Waals surface area contributed by atoms with Crippen LogP contribution in [0.15, 0.2) is 29.6 Å². The lowest BCUT2D eigenvalue weighted by atomic mass is 10.2. The molecule has 2 N–H and O–H groups in total. The van der Waals surface area contributed by atoms with Crippen LogP contribution in [0.1, 0.15) is 20.3 Å². The number of rotatable bonds is 8. The number of nitro groups is 1. The highest BCUT2D eigenvalue weighted by Crippen LogP contribution is 2.35. The van der Waals surface area contributed by atoms with Gasteiger partial charge in [-0.2, -0.15) is 0 Å². The number of hydrogen-bond acceptors (Lipinski definition) is 10. The molecule has 1 aliphatic heterocycles. The van der Waals surface area contributed by atoms with Gasteiger partial charge >= 0.3 is 11.9 Å². The van der Waals surface area contributed by atoms with Gasteiger partial charge in [0.25, 0.3) is 5.69 Å². The molecule has 146 valence electrons. The molecule has 1 aromatic carbocycles. The van der Waals surface area contributed by atoms with Gasteiger partial charge in [0.15, 0.2) is 5.70 Å². The summed E-state index contributed by atoms with van der Waals surface area (Å²) in [7, 11) is 1.42. The highest BCUT2D eigenvalue weighted by molar-refractivity contribution is 5.92. The Bertz CT molecular complexity index is 778. The van der Waals surface area contributed by atoms with Crippen LogP contribution in [0.2, 0.25) is 0 Å². The summed E-state index contributed by atoms with van der Waals surface area (Å²) in [4.78, 5) is 35.0. The smallest absolute Gasteiger partial charge is 0.357 e. The third-order valence-electron chi connectivity index (χ3n) is 3.57. The van der Waals surface area contributed by atoms with Gasteiger partial charge in [-0.1, -0.05) is 0 Å². The molecule has 0 saturated heterocycles. The van der Waals surface area contributed by atoms with E-state index in [-0.39, 0.29) is 42.4 Å². The van der Waals surface area contributed by atoms with Crippen LogP contribution in [0, 0.1) is 10.1 Å². The van der Waals surface area contributed by atoms with E-state index >= 15 is 0 Å². The van der Waals surface area contributed by atoms with Crippen molar-refractivity contribution in [1.82, 2.24) is 11.0 Å². The van der Waals surface area contributed by atoms with Gasteiger partial charge in [0.05, 0.1) is 37.4 Å². The highest BCUT2D eigenvalue weighted by atomic mass is 16.6. The Balaban J connectivity index is 2.52. The van der Waals surface area contributed by atoms with Crippen molar-refractivity contribution >= 4 is 23.3 Å². The molecule has 11 nitrogen and oxygen atoms in total. The van der Waals surface area contributed by atoms with Crippen molar-refractivity contribution in [2.45, 2.75) is 20.3 Å². The number of nitrogens with one attached hydrogen (secondary N) is 2. The SMILES string of the molecule is CCOC(=O)CC1=C(C(=O)OCC)NNN1c1cc(OC)ccc1[N+](=O)[O-]. The molecule has 0 aromatic heterocycles. The fraction of sp³-hybridized carbons (Fsp3) is 0.375. The number of benzene rings is 1. The molecule has 0 unspecified atom stereocenters. The molecule has 1 heterocycles. The van der Waals surface area contributed by atoms with Gasteiger partial charge in [0.2, 0.25) is 0 Å². The van der Waals surface area contributed by atoms with Crippen LogP contribution < -0.4 is 20.7 Å². The average Bonchev–Trinajstić information content (AvgIpc) is 3.04. The van der Waals surface area contributed by atoms with Gasteiger partial charge in [-0.05, 0) is 19.9 Å². The predicted molar refractivity (Wildman–Crippen MR) is 93.3 cm³/mol. The maximum atomic E-state index is 12.2. The van der Waals surface area contributed by atoms with Crippen molar-refractivity contribution in [3.05, 3.63) is 39.7 Å². The molecule has 0 spiro atoms. The maximum absolute atomic E-state index is 12.2. The van der Waals surface area contributed by atoms with E-state index in [1.165, 1.54) is 30.3 Å². The molecular formula is C16H20N4O7. The molecule has 11 heteroatoms. The lowest BCUT2D eigenvalue weighted by molar-refractivity contribution is -0.384. The molecular weight excluding hydrogens is 360 g/mol. The molecule has 1 aliphatic rings. The predicted octanol–water partition coefficient (Wildman–Crippen LogP) is 1.16. The minimum absolute atomic E-state index is 0.0398. The summed E-state index contributed by atoms with van der Waals surface area (Å²) in [6.07, 6.45) is -0.309. The largest absolute Gasteiger partial charge is 0.497 e. The van der Waals surface area contributed by atoms with Crippen molar-refractivity contribution in [3.8, 4) is 5.75 Å². The van der Waals surface area contributed by atoms with Gasteiger partial charge in [0.1, 0.15) is 11.4 Å². The van der Waals surface area contributed by atoms with E-state index in [9.17, 15) is 19.7 Å². The van der Waals surface area contributed by atoms with E-state index in [1.54, 1.807) is 13.8 Å². The standard InChI is InChI=1S/C16H20N4O7/c1-4-26-14(21)9-13-15(16(22)27-5-2)17-18-19(13)12-8-10(25-3)6-7-11(12)20(23)24/h6-8,17-18H,4-5,9H2,1-3H3. The lowest BCUT2D eigenvalue weighted by Gasteiger charge is -2.21. The minimum atomic E-state index is -0.711. The molecule has 0 aliphatic carbocycles. The first-order chi connectivity index (χ1) is 12.9. The second kappa shape index (κ2) is 8.85. The van der Waals surface area contributed by atoms with E-state index < -0.39 is 16.9 Å². The van der Waals surface area contributed by atoms with Crippen molar-refractivity contribution in [2.75, 3.05) is 25.3 Å². The number of nitro benzene ring substituents is 1. The van der Waals surface area contributed by atoms with Crippen LogP contribution >= 0.6 is 0 Å². The average molecular weight is 380 g/mol. The molecule has 2 rings (SSSR count). The number of hydrazine groups is 2. The van der Waals surface area contributed by atoms with Gasteiger partial charge < -0.3 is 14.2 Å². The third kappa shape index (κ3) is 4.44. The summed E-state index contributed by atoms with van der Waals surface area (Å²) in [5.41, 5.74) is 5.16. The quantitative estimate of drug-likeness (QED) is 0.384. The summed E-state index contributed by atoms with van der Waals surface area (Å²) < 4.78 is 15.0. The van der Waals surface area contributed by atoms with Gasteiger partial charge in [-0.15, -0.1) is 5.53 Å². The Morgan fingerprint density at radius 1 is 1.22 bits per heavy atom. The number of anilines is 1. The zero-order valence-corrected chi connectivity index (χ0v) is 15.1. The van der Waals surface area contributed by atoms with Crippen LogP contribution in [-0.2, 0) is 19.1 Å². The Kier molecular flexibility index (Phi) is 6.55. The molecule has 0 saturated carbocycles. The van der Waals surface area contributed by atoms with Crippen LogP contribution in [0.25, 0.3) is 0 Å². The fourth-order valence-corrected chi connectivity index (χ4v) is 2.42. The second-order valence-electron chi connectivity index (χ2n) is 5.21. The monoisotopic (exact) mass is 380 g/mol. The van der Waals surface area contributed by atoms with Crippen LogP contribution in [0.3, 0.4) is 0 Å². The van der Waals surface area contributed by atoms with E-state index in [1.807, 2.05) is 0 Å². The Labute approximate surface area is 155 Å². The van der Waals surface area contributed by atoms with Crippen molar-refractivity contribution in [2.24, 2.45) is 0 Å². The summed E-state index contributed by atoms with van der Waals surface area (Å²) in [5, 5.41) is 12.6. The summed E-state index contributed by atoms with van der Waals surface area (Å²) in [6, 6.07) is 4.11. The zero-order chi connectivity index (χ0) is 20.0. The third-order valence-corrected chi connectivity index (χ3v) is 3.57. The van der Waals surface area contributed by atoms with Crippen molar-refractivity contribution in [1.29, 1.82) is 0 Å². The zero-order valence-electron chi connectivity index (χ0n) is 15.1. The van der Waals surface area contributed by atoms with Crippen molar-refractivity contribution in [3.63, 3.8) is 0 Å². The van der Waals surface area contributed by atoms with E-state index in [0.717, 1.165) is 0 Å². The molecule has 0 amide bonds. The van der Waals surface area contributed by atoms with Crippen LogP contribution in [0.4, 0.5) is 11.4 Å². The first kappa shape index (κ1) is 20.0. The first-order valence-electron chi connectivity index (χ1n) is 8.13. The Hall–Kier alpha value is -3.34. The second-order valence-corrected chi connectivity index (χ2v) is 5.21. The topological polar surface area (TPSA) is 132 Å². The van der Waals surface area contributed by atoms with E-state index in [4.69, 9.17) is 14.2 Å². The number of carbonyl (C=O) groups is 2. The number of nitrogens with zero attached hydrogens (tertiary/aromatic N) is 2. The number of ether oxygens (including phenoxy) is 3. The van der Waals surface area contributed by atoms with Crippen LogP contribution in [0.5, 0.6) is 5.75 Å². The first-order valence-corrected chi connectivity index (χ1v) is 8.13. The van der Waals surface area contributed by atoms with Crippen LogP contribution in [-0.4, -0.2) is 37.2 Å². The van der Waals surface area contributed by atoms with Gasteiger partial charge in [-0.3, -0.25) is 25.3 Å². The highest BCUT2D eigenvalue weighted by Gasteiger charge is 2.34. The lowest BCUT2D eigenvalue weighted by Crippen LogP contribution is -2.39. The summed E-state index contributed by atoms with van der Waals surface area (Å²) >= 11 is 0. The molecule has 0 atom stereocenters. The van der Waals surface area contributed by atoms with Gasteiger partial charge in [0, 0.05) is 12.1 Å². The molecule has 0 bridgehead atoms. The minimum Gasteiger partial charge on any atom is -0.497 e. The number of esters is 2. The number of carbonyl (C=O) groups excluding carboxylic acids is 2. The molecule has 27 heavy (non-hydrogen) atoms.